The number of carbonyl (C=O) groups excluding carboxylic acids is 1. The van der Waals surface area contributed by atoms with Gasteiger partial charge in [-0.25, -0.2) is 9.07 Å². The molecular weight excluding hydrogens is 367 g/mol. The van der Waals surface area contributed by atoms with Crippen LogP contribution in [-0.2, 0) is 6.54 Å². The molecule has 4 aromatic rings. The predicted molar refractivity (Wildman–Crippen MR) is 108 cm³/mol. The van der Waals surface area contributed by atoms with E-state index in [1.807, 2.05) is 60.7 Å². The number of aromatic nitrogens is 3. The van der Waals surface area contributed by atoms with Crippen LogP contribution in [0, 0.1) is 5.82 Å². The molecule has 144 valence electrons. The molecule has 5 nitrogen and oxygen atoms in total. The van der Waals surface area contributed by atoms with Crippen LogP contribution in [0.25, 0.3) is 0 Å². The second-order valence-corrected chi connectivity index (χ2v) is 6.66. The largest absolute Gasteiger partial charge is 0.340 e. The van der Waals surface area contributed by atoms with E-state index in [-0.39, 0.29) is 17.4 Å². The summed E-state index contributed by atoms with van der Waals surface area (Å²) in [6, 6.07) is 25.0. The van der Waals surface area contributed by atoms with Crippen molar-refractivity contribution in [2.75, 3.05) is 0 Å². The number of benzene rings is 3. The molecule has 1 heterocycles. The summed E-state index contributed by atoms with van der Waals surface area (Å²) >= 11 is 0. The van der Waals surface area contributed by atoms with Crippen LogP contribution in [0.2, 0.25) is 0 Å². The summed E-state index contributed by atoms with van der Waals surface area (Å²) < 4.78 is 15.0. The molecule has 0 radical (unpaired) electrons. The molecule has 4 rings (SSSR count). The van der Waals surface area contributed by atoms with Gasteiger partial charge in [0.1, 0.15) is 5.82 Å². The quantitative estimate of drug-likeness (QED) is 0.545. The molecular formula is C23H19FN4O. The lowest BCUT2D eigenvalue weighted by Crippen LogP contribution is -2.29. The van der Waals surface area contributed by atoms with Crippen molar-refractivity contribution in [1.82, 2.24) is 20.3 Å². The Morgan fingerprint density at radius 2 is 1.52 bits per heavy atom. The minimum atomic E-state index is -0.427. The van der Waals surface area contributed by atoms with Gasteiger partial charge in [-0.05, 0) is 28.8 Å². The van der Waals surface area contributed by atoms with Gasteiger partial charge in [-0.15, -0.1) is 5.10 Å². The van der Waals surface area contributed by atoms with Crippen LogP contribution < -0.4 is 5.32 Å². The molecule has 0 spiro atoms. The van der Waals surface area contributed by atoms with E-state index in [4.69, 9.17) is 0 Å². The summed E-state index contributed by atoms with van der Waals surface area (Å²) in [7, 11) is 0. The van der Waals surface area contributed by atoms with E-state index in [1.54, 1.807) is 23.0 Å². The van der Waals surface area contributed by atoms with Crippen LogP contribution in [0.3, 0.4) is 0 Å². The average Bonchev–Trinajstić information content (AvgIpc) is 3.23. The Labute approximate surface area is 167 Å². The molecule has 0 fully saturated rings. The van der Waals surface area contributed by atoms with E-state index in [0.717, 1.165) is 16.7 Å². The van der Waals surface area contributed by atoms with Gasteiger partial charge >= 0.3 is 0 Å². The van der Waals surface area contributed by atoms with Crippen LogP contribution in [-0.4, -0.2) is 20.9 Å². The van der Waals surface area contributed by atoms with E-state index in [1.165, 1.54) is 12.1 Å². The molecule has 0 bridgehead atoms. The standard InChI is InChI=1S/C23H19FN4O/c24-20-13-11-19(12-14-20)22(18-9-5-2-6-10-18)25-23(29)21-16-28(27-26-21)15-17-7-3-1-4-8-17/h1-14,16,22H,15H2,(H,25,29). The molecule has 3 aromatic carbocycles. The fraction of sp³-hybridized carbons (Fsp3) is 0.0870. The predicted octanol–water partition coefficient (Wildman–Crippen LogP) is 3.98. The lowest BCUT2D eigenvalue weighted by Gasteiger charge is -2.19. The number of nitrogens with zero attached hydrogens (tertiary/aromatic N) is 3. The van der Waals surface area contributed by atoms with Crippen LogP contribution in [0.15, 0.2) is 91.1 Å². The molecule has 1 atom stereocenters. The first-order chi connectivity index (χ1) is 14.2. The summed E-state index contributed by atoms with van der Waals surface area (Å²) in [6.07, 6.45) is 1.62. The maximum absolute atomic E-state index is 13.4. The van der Waals surface area contributed by atoms with Gasteiger partial charge in [0, 0.05) is 0 Å². The molecule has 1 aromatic heterocycles. The number of hydrogen-bond acceptors (Lipinski definition) is 3. The molecule has 0 aliphatic heterocycles. The SMILES string of the molecule is O=C(NC(c1ccccc1)c1ccc(F)cc1)c1cn(Cc2ccccc2)nn1. The molecule has 0 saturated heterocycles. The third-order valence-corrected chi connectivity index (χ3v) is 4.57. The third-order valence-electron chi connectivity index (χ3n) is 4.57. The minimum Gasteiger partial charge on any atom is -0.340 e. The molecule has 6 heteroatoms. The Morgan fingerprint density at radius 3 is 2.21 bits per heavy atom. The Hall–Kier alpha value is -3.80. The zero-order valence-corrected chi connectivity index (χ0v) is 15.6. The van der Waals surface area contributed by atoms with Crippen LogP contribution in [0.1, 0.15) is 33.2 Å². The van der Waals surface area contributed by atoms with Crippen molar-refractivity contribution in [3.05, 3.63) is 119 Å². The lowest BCUT2D eigenvalue weighted by molar-refractivity contribution is 0.0938. The number of carbonyl (C=O) groups is 1. The molecule has 1 unspecified atom stereocenters. The second kappa shape index (κ2) is 8.48. The molecule has 0 saturated carbocycles. The van der Waals surface area contributed by atoms with Gasteiger partial charge < -0.3 is 5.32 Å². The molecule has 29 heavy (non-hydrogen) atoms. The highest BCUT2D eigenvalue weighted by Gasteiger charge is 2.20. The maximum atomic E-state index is 13.4. The van der Waals surface area contributed by atoms with Crippen LogP contribution in [0.5, 0.6) is 0 Å². The van der Waals surface area contributed by atoms with E-state index in [9.17, 15) is 9.18 Å². The van der Waals surface area contributed by atoms with Crippen molar-refractivity contribution in [3.63, 3.8) is 0 Å². The first kappa shape index (κ1) is 18.6. The average molecular weight is 386 g/mol. The number of amides is 1. The summed E-state index contributed by atoms with van der Waals surface area (Å²) in [6.45, 7) is 0.529. The van der Waals surface area contributed by atoms with E-state index >= 15 is 0 Å². The van der Waals surface area contributed by atoms with E-state index in [0.29, 0.717) is 6.54 Å². The highest BCUT2D eigenvalue weighted by molar-refractivity contribution is 5.92. The van der Waals surface area contributed by atoms with Crippen LogP contribution in [0.4, 0.5) is 4.39 Å². The third kappa shape index (κ3) is 4.55. The summed E-state index contributed by atoms with van der Waals surface area (Å²) in [4.78, 5) is 12.8. The van der Waals surface area contributed by atoms with Gasteiger partial charge in [0.25, 0.3) is 5.91 Å². The van der Waals surface area contributed by atoms with Gasteiger partial charge in [-0.3, -0.25) is 4.79 Å². The highest BCUT2D eigenvalue weighted by Crippen LogP contribution is 2.22. The lowest BCUT2D eigenvalue weighted by atomic mass is 9.98. The monoisotopic (exact) mass is 386 g/mol. The summed E-state index contributed by atoms with van der Waals surface area (Å²) in [5, 5.41) is 11.0. The van der Waals surface area contributed by atoms with Gasteiger partial charge in [0.15, 0.2) is 5.69 Å². The van der Waals surface area contributed by atoms with Crippen molar-refractivity contribution < 1.29 is 9.18 Å². The first-order valence-corrected chi connectivity index (χ1v) is 9.24. The Morgan fingerprint density at radius 1 is 0.897 bits per heavy atom. The fourth-order valence-corrected chi connectivity index (χ4v) is 3.12. The van der Waals surface area contributed by atoms with Gasteiger partial charge in [0.2, 0.25) is 0 Å². The first-order valence-electron chi connectivity index (χ1n) is 9.24. The van der Waals surface area contributed by atoms with Crippen molar-refractivity contribution in [2.24, 2.45) is 0 Å². The van der Waals surface area contributed by atoms with Crippen LogP contribution >= 0.6 is 0 Å². The number of halogens is 1. The van der Waals surface area contributed by atoms with E-state index in [2.05, 4.69) is 15.6 Å². The van der Waals surface area contributed by atoms with Crippen molar-refractivity contribution in [1.29, 1.82) is 0 Å². The zero-order chi connectivity index (χ0) is 20.1. The number of hydrogen-bond donors (Lipinski definition) is 1. The second-order valence-electron chi connectivity index (χ2n) is 6.66. The van der Waals surface area contributed by atoms with Crippen molar-refractivity contribution in [2.45, 2.75) is 12.6 Å². The molecule has 1 N–H and O–H groups in total. The summed E-state index contributed by atoms with van der Waals surface area (Å²) in [5.41, 5.74) is 2.97. The molecule has 0 aliphatic rings. The van der Waals surface area contributed by atoms with Gasteiger partial charge in [0.05, 0.1) is 18.8 Å². The highest BCUT2D eigenvalue weighted by atomic mass is 19.1. The van der Waals surface area contributed by atoms with Gasteiger partial charge in [-0.2, -0.15) is 0 Å². The zero-order valence-electron chi connectivity index (χ0n) is 15.6. The Kier molecular flexibility index (Phi) is 5.42. The minimum absolute atomic E-state index is 0.226. The fourth-order valence-electron chi connectivity index (χ4n) is 3.12. The summed E-state index contributed by atoms with van der Waals surface area (Å²) in [5.74, 6) is -0.668. The number of rotatable bonds is 6. The smallest absolute Gasteiger partial charge is 0.274 e. The topological polar surface area (TPSA) is 59.8 Å². The Balaban J connectivity index is 1.55. The maximum Gasteiger partial charge on any atom is 0.274 e. The van der Waals surface area contributed by atoms with Crippen molar-refractivity contribution in [3.8, 4) is 0 Å². The molecule has 1 amide bonds. The van der Waals surface area contributed by atoms with Crippen molar-refractivity contribution >= 4 is 5.91 Å². The number of nitrogens with one attached hydrogen (secondary N) is 1. The van der Waals surface area contributed by atoms with Gasteiger partial charge in [-0.1, -0.05) is 78.0 Å². The Bertz CT molecular complexity index is 1080. The normalized spacial score (nSPS) is 11.8. The van der Waals surface area contributed by atoms with E-state index < -0.39 is 6.04 Å². The molecule has 0 aliphatic carbocycles.